The highest BCUT2D eigenvalue weighted by Gasteiger charge is 2.05. The van der Waals surface area contributed by atoms with Gasteiger partial charge in [0, 0.05) is 19.7 Å². The van der Waals surface area contributed by atoms with Crippen molar-refractivity contribution in [3.63, 3.8) is 0 Å². The molecule has 60 valence electrons. The van der Waals surface area contributed by atoms with Crippen molar-refractivity contribution in [2.75, 3.05) is 14.1 Å². The number of amides is 1. The van der Waals surface area contributed by atoms with Crippen LogP contribution < -0.4 is 5.46 Å². The van der Waals surface area contributed by atoms with E-state index in [9.17, 15) is 4.79 Å². The van der Waals surface area contributed by atoms with Gasteiger partial charge in [0.25, 0.3) is 5.91 Å². The van der Waals surface area contributed by atoms with Crippen molar-refractivity contribution >= 4 is 19.2 Å². The van der Waals surface area contributed by atoms with Crippen LogP contribution >= 0.6 is 0 Å². The van der Waals surface area contributed by atoms with E-state index in [0.29, 0.717) is 11.0 Å². The maximum absolute atomic E-state index is 11.3. The second-order valence-corrected chi connectivity index (χ2v) is 2.82. The topological polar surface area (TPSA) is 20.3 Å². The molecule has 0 saturated heterocycles. The molecule has 2 radical (unpaired) electrons. The average molecular weight is 159 g/mol. The van der Waals surface area contributed by atoms with Gasteiger partial charge in [0.05, 0.1) is 0 Å². The number of nitrogens with zero attached hydrogens (tertiary/aromatic N) is 1. The van der Waals surface area contributed by atoms with E-state index in [-0.39, 0.29) is 5.91 Å². The highest BCUT2D eigenvalue weighted by atomic mass is 16.2. The van der Waals surface area contributed by atoms with Gasteiger partial charge in [0.15, 0.2) is 0 Å². The molecule has 1 amide bonds. The Hall–Kier alpha value is -1.25. The number of benzene rings is 1. The van der Waals surface area contributed by atoms with Gasteiger partial charge >= 0.3 is 0 Å². The van der Waals surface area contributed by atoms with Gasteiger partial charge < -0.3 is 4.90 Å². The lowest BCUT2D eigenvalue weighted by molar-refractivity contribution is 0.0827. The van der Waals surface area contributed by atoms with Gasteiger partial charge in [-0.15, -0.1) is 0 Å². The monoisotopic (exact) mass is 159 g/mol. The summed E-state index contributed by atoms with van der Waals surface area (Å²) in [5.41, 5.74) is 1.33. The molecule has 3 heteroatoms. The molecule has 0 saturated carbocycles. The second-order valence-electron chi connectivity index (χ2n) is 2.82. The quantitative estimate of drug-likeness (QED) is 0.535. The minimum atomic E-state index is -0.00463. The molecule has 12 heavy (non-hydrogen) atoms. The third kappa shape index (κ3) is 1.88. The zero-order valence-electron chi connectivity index (χ0n) is 7.24. The lowest BCUT2D eigenvalue weighted by Crippen LogP contribution is -2.22. The van der Waals surface area contributed by atoms with Crippen LogP contribution in [0.15, 0.2) is 24.3 Å². The first-order valence-electron chi connectivity index (χ1n) is 3.68. The van der Waals surface area contributed by atoms with Gasteiger partial charge in [0.2, 0.25) is 0 Å². The van der Waals surface area contributed by atoms with Gasteiger partial charge in [-0.05, 0) is 0 Å². The second kappa shape index (κ2) is 3.43. The number of carbonyl (C=O) groups excluding carboxylic acids is 1. The molecule has 1 aromatic rings. The van der Waals surface area contributed by atoms with Crippen molar-refractivity contribution in [2.24, 2.45) is 0 Å². The van der Waals surface area contributed by atoms with Gasteiger partial charge in [-0.2, -0.15) is 0 Å². The minimum Gasteiger partial charge on any atom is -0.345 e. The summed E-state index contributed by atoms with van der Waals surface area (Å²) in [5.74, 6) is -0.00463. The maximum Gasteiger partial charge on any atom is 0.253 e. The first-order valence-corrected chi connectivity index (χ1v) is 3.68. The molecule has 0 spiro atoms. The summed E-state index contributed by atoms with van der Waals surface area (Å²) in [6, 6.07) is 6.88. The molecular formula is C9H10BNO. The van der Waals surface area contributed by atoms with E-state index in [4.69, 9.17) is 7.85 Å². The van der Waals surface area contributed by atoms with E-state index in [0.717, 1.165) is 0 Å². The minimum absolute atomic E-state index is 0.00463. The van der Waals surface area contributed by atoms with Crippen LogP contribution in [0.5, 0.6) is 0 Å². The number of carbonyl (C=O) groups is 1. The van der Waals surface area contributed by atoms with Gasteiger partial charge in [-0.1, -0.05) is 29.7 Å². The summed E-state index contributed by atoms with van der Waals surface area (Å²) in [4.78, 5) is 12.9. The van der Waals surface area contributed by atoms with Crippen molar-refractivity contribution in [1.29, 1.82) is 0 Å². The molecule has 0 aliphatic carbocycles. The highest BCUT2D eigenvalue weighted by Crippen LogP contribution is 1.99. The normalized spacial score (nSPS) is 9.50. The van der Waals surface area contributed by atoms with E-state index in [1.54, 1.807) is 38.4 Å². The maximum atomic E-state index is 11.3. The predicted octanol–water partition coefficient (Wildman–Crippen LogP) is 0.182. The Morgan fingerprint density at radius 1 is 1.25 bits per heavy atom. The smallest absolute Gasteiger partial charge is 0.253 e. The first kappa shape index (κ1) is 8.85. The summed E-state index contributed by atoms with van der Waals surface area (Å²) in [7, 11) is 8.92. The molecule has 0 bridgehead atoms. The van der Waals surface area contributed by atoms with Crippen LogP contribution in [0.2, 0.25) is 0 Å². The van der Waals surface area contributed by atoms with Gasteiger partial charge in [-0.25, -0.2) is 0 Å². The van der Waals surface area contributed by atoms with E-state index >= 15 is 0 Å². The van der Waals surface area contributed by atoms with Crippen molar-refractivity contribution in [3.8, 4) is 0 Å². The Balaban J connectivity index is 2.90. The fourth-order valence-corrected chi connectivity index (χ4v) is 0.884. The standard InChI is InChI=1S/C9H10BNO/c1-11(2)9(12)7-3-5-8(10)6-4-7/h3-6H,1-2H3. The molecule has 0 heterocycles. The summed E-state index contributed by atoms with van der Waals surface area (Å²) in [5, 5.41) is 0. The predicted molar refractivity (Wildman–Crippen MR) is 49.8 cm³/mol. The van der Waals surface area contributed by atoms with E-state index in [1.165, 1.54) is 4.90 Å². The summed E-state index contributed by atoms with van der Waals surface area (Å²) < 4.78 is 0. The Morgan fingerprint density at radius 2 is 1.75 bits per heavy atom. The zero-order chi connectivity index (χ0) is 9.14. The summed E-state index contributed by atoms with van der Waals surface area (Å²) in [6.45, 7) is 0. The lowest BCUT2D eigenvalue weighted by atomic mass is 9.95. The van der Waals surface area contributed by atoms with Crippen LogP contribution in [0.3, 0.4) is 0 Å². The molecular weight excluding hydrogens is 149 g/mol. The molecule has 0 aliphatic heterocycles. The molecule has 2 nitrogen and oxygen atoms in total. The summed E-state index contributed by atoms with van der Waals surface area (Å²) >= 11 is 0. The van der Waals surface area contributed by atoms with Crippen LogP contribution in [0.1, 0.15) is 10.4 Å². The van der Waals surface area contributed by atoms with Gasteiger partial charge in [-0.3, -0.25) is 4.79 Å². The van der Waals surface area contributed by atoms with Crippen molar-refractivity contribution in [1.82, 2.24) is 4.90 Å². The SMILES string of the molecule is [B]c1ccc(C(=O)N(C)C)cc1. The fraction of sp³-hybridized carbons (Fsp3) is 0.222. The number of hydrogen-bond donors (Lipinski definition) is 0. The number of hydrogen-bond acceptors (Lipinski definition) is 1. The van der Waals surface area contributed by atoms with E-state index in [1.807, 2.05) is 0 Å². The molecule has 1 aromatic carbocycles. The van der Waals surface area contributed by atoms with Crippen LogP contribution in [-0.4, -0.2) is 32.7 Å². The molecule has 0 atom stereocenters. The first-order chi connectivity index (χ1) is 5.61. The zero-order valence-corrected chi connectivity index (χ0v) is 7.24. The lowest BCUT2D eigenvalue weighted by Gasteiger charge is -2.09. The molecule has 0 aliphatic rings. The van der Waals surface area contributed by atoms with Crippen molar-refractivity contribution < 1.29 is 4.79 Å². The average Bonchev–Trinajstić information content (AvgIpc) is 2.04. The molecule has 0 aromatic heterocycles. The molecule has 1 rings (SSSR count). The van der Waals surface area contributed by atoms with Crippen molar-refractivity contribution in [2.45, 2.75) is 0 Å². The third-order valence-electron chi connectivity index (χ3n) is 1.56. The fourth-order valence-electron chi connectivity index (χ4n) is 0.884. The Bertz CT molecular complexity index is 279. The van der Waals surface area contributed by atoms with E-state index < -0.39 is 0 Å². The van der Waals surface area contributed by atoms with Crippen molar-refractivity contribution in [3.05, 3.63) is 29.8 Å². The van der Waals surface area contributed by atoms with Gasteiger partial charge in [0.1, 0.15) is 7.85 Å². The summed E-state index contributed by atoms with van der Waals surface area (Å²) in [6.07, 6.45) is 0. The Kier molecular flexibility index (Phi) is 2.53. The van der Waals surface area contributed by atoms with Crippen LogP contribution in [0.25, 0.3) is 0 Å². The Morgan fingerprint density at radius 3 is 2.17 bits per heavy atom. The third-order valence-corrected chi connectivity index (χ3v) is 1.56. The van der Waals surface area contributed by atoms with Crippen LogP contribution in [0, 0.1) is 0 Å². The van der Waals surface area contributed by atoms with Crippen LogP contribution in [-0.2, 0) is 0 Å². The molecule has 0 fully saturated rings. The Labute approximate surface area is 73.6 Å². The number of rotatable bonds is 1. The van der Waals surface area contributed by atoms with E-state index in [2.05, 4.69) is 0 Å². The molecule has 0 N–H and O–H groups in total. The van der Waals surface area contributed by atoms with Crippen LogP contribution in [0.4, 0.5) is 0 Å². The highest BCUT2D eigenvalue weighted by molar-refractivity contribution is 6.32. The largest absolute Gasteiger partial charge is 0.345 e. The molecule has 0 unspecified atom stereocenters.